The van der Waals surface area contributed by atoms with E-state index in [1.165, 1.54) is 25.3 Å². The number of rotatable bonds is 3. The van der Waals surface area contributed by atoms with Crippen molar-refractivity contribution in [1.82, 2.24) is 0 Å². The van der Waals surface area contributed by atoms with Gasteiger partial charge in [-0.2, -0.15) is 0 Å². The van der Waals surface area contributed by atoms with E-state index in [0.717, 1.165) is 0 Å². The number of benzene rings is 2. The molecule has 0 aliphatic rings. The Kier molecular flexibility index (Phi) is 4.45. The SMILES string of the molecule is COC(=O)c1cccc(NC(=O)c2ccc(N)cc2Cl)c1. The van der Waals surface area contributed by atoms with Gasteiger partial charge in [0.2, 0.25) is 0 Å². The largest absolute Gasteiger partial charge is 0.465 e. The lowest BCUT2D eigenvalue weighted by atomic mass is 10.1. The minimum absolute atomic E-state index is 0.261. The molecule has 0 radical (unpaired) electrons. The number of carbonyl (C=O) groups excluding carboxylic acids is 2. The number of carbonyl (C=O) groups is 2. The fraction of sp³-hybridized carbons (Fsp3) is 0.0667. The maximum Gasteiger partial charge on any atom is 0.337 e. The number of esters is 1. The third kappa shape index (κ3) is 3.52. The molecule has 5 nitrogen and oxygen atoms in total. The summed E-state index contributed by atoms with van der Waals surface area (Å²) in [5.74, 6) is -0.862. The highest BCUT2D eigenvalue weighted by Gasteiger charge is 2.12. The summed E-state index contributed by atoms with van der Waals surface area (Å²) < 4.78 is 4.63. The molecule has 21 heavy (non-hydrogen) atoms. The molecule has 2 rings (SSSR count). The van der Waals surface area contributed by atoms with Crippen molar-refractivity contribution in [2.45, 2.75) is 0 Å². The van der Waals surface area contributed by atoms with Gasteiger partial charge in [0.05, 0.1) is 23.3 Å². The van der Waals surface area contributed by atoms with Gasteiger partial charge in [0.1, 0.15) is 0 Å². The van der Waals surface area contributed by atoms with E-state index in [0.29, 0.717) is 22.5 Å². The van der Waals surface area contributed by atoms with Crippen molar-refractivity contribution in [2.75, 3.05) is 18.2 Å². The Balaban J connectivity index is 2.21. The molecule has 0 aliphatic carbocycles. The summed E-state index contributed by atoms with van der Waals surface area (Å²) in [6, 6.07) is 11.1. The molecule has 0 aliphatic heterocycles. The first-order valence-electron chi connectivity index (χ1n) is 6.06. The number of ether oxygens (including phenoxy) is 1. The van der Waals surface area contributed by atoms with Gasteiger partial charge in [-0.15, -0.1) is 0 Å². The van der Waals surface area contributed by atoms with E-state index in [4.69, 9.17) is 17.3 Å². The summed E-state index contributed by atoms with van der Waals surface area (Å²) in [5, 5.41) is 2.93. The Labute approximate surface area is 126 Å². The minimum Gasteiger partial charge on any atom is -0.465 e. The first-order valence-corrected chi connectivity index (χ1v) is 6.44. The second-order valence-electron chi connectivity index (χ2n) is 4.27. The van der Waals surface area contributed by atoms with E-state index in [9.17, 15) is 9.59 Å². The number of hydrogen-bond donors (Lipinski definition) is 2. The highest BCUT2D eigenvalue weighted by atomic mass is 35.5. The van der Waals surface area contributed by atoms with Gasteiger partial charge in [0, 0.05) is 11.4 Å². The number of nitrogens with one attached hydrogen (secondary N) is 1. The summed E-state index contributed by atoms with van der Waals surface area (Å²) in [7, 11) is 1.29. The summed E-state index contributed by atoms with van der Waals surface area (Å²) in [6.45, 7) is 0. The van der Waals surface area contributed by atoms with Crippen LogP contribution in [0.4, 0.5) is 11.4 Å². The van der Waals surface area contributed by atoms with Crippen molar-refractivity contribution >= 4 is 34.9 Å². The molecule has 2 aromatic rings. The lowest BCUT2D eigenvalue weighted by molar-refractivity contribution is 0.0600. The zero-order valence-corrected chi connectivity index (χ0v) is 12.0. The fourth-order valence-electron chi connectivity index (χ4n) is 1.76. The Morgan fingerprint density at radius 3 is 2.62 bits per heavy atom. The molecule has 0 spiro atoms. The normalized spacial score (nSPS) is 10.0. The molecule has 2 aromatic carbocycles. The number of anilines is 2. The third-order valence-corrected chi connectivity index (χ3v) is 3.09. The van der Waals surface area contributed by atoms with Crippen molar-refractivity contribution in [3.63, 3.8) is 0 Å². The van der Waals surface area contributed by atoms with E-state index in [2.05, 4.69) is 10.1 Å². The number of amides is 1. The molecule has 3 N–H and O–H groups in total. The predicted molar refractivity (Wildman–Crippen MR) is 81.6 cm³/mol. The standard InChI is InChI=1S/C15H13ClN2O3/c1-21-15(20)9-3-2-4-11(7-9)18-14(19)12-6-5-10(17)8-13(12)16/h2-8H,17H2,1H3,(H,18,19). The average molecular weight is 305 g/mol. The Hall–Kier alpha value is -2.53. The maximum atomic E-state index is 12.1. The number of nitrogens with two attached hydrogens (primary N) is 1. The molecule has 0 atom stereocenters. The first kappa shape index (κ1) is 14.9. The molecular formula is C15H13ClN2O3. The van der Waals surface area contributed by atoms with Crippen LogP contribution in [0.3, 0.4) is 0 Å². The number of hydrogen-bond acceptors (Lipinski definition) is 4. The molecule has 1 amide bonds. The van der Waals surface area contributed by atoms with E-state index >= 15 is 0 Å². The van der Waals surface area contributed by atoms with Crippen LogP contribution in [0.2, 0.25) is 5.02 Å². The van der Waals surface area contributed by atoms with Gasteiger partial charge in [-0.1, -0.05) is 17.7 Å². The molecule has 0 heterocycles. The van der Waals surface area contributed by atoms with E-state index < -0.39 is 5.97 Å². The Bertz CT molecular complexity index is 701. The zero-order chi connectivity index (χ0) is 15.4. The van der Waals surface area contributed by atoms with Gasteiger partial charge in [0.15, 0.2) is 0 Å². The number of nitrogen functional groups attached to an aromatic ring is 1. The van der Waals surface area contributed by atoms with Crippen molar-refractivity contribution < 1.29 is 14.3 Å². The van der Waals surface area contributed by atoms with E-state index in [1.54, 1.807) is 24.3 Å². The summed E-state index contributed by atoms with van der Waals surface area (Å²) in [6.07, 6.45) is 0. The second kappa shape index (κ2) is 6.28. The second-order valence-corrected chi connectivity index (χ2v) is 4.67. The van der Waals surface area contributed by atoms with Crippen LogP contribution in [0.15, 0.2) is 42.5 Å². The van der Waals surface area contributed by atoms with Crippen LogP contribution in [0.25, 0.3) is 0 Å². The maximum absolute atomic E-state index is 12.1. The van der Waals surface area contributed by atoms with Gasteiger partial charge in [-0.3, -0.25) is 4.79 Å². The summed E-state index contributed by atoms with van der Waals surface area (Å²) in [5.41, 5.74) is 7.17. The Morgan fingerprint density at radius 2 is 1.95 bits per heavy atom. The van der Waals surface area contributed by atoms with Crippen LogP contribution in [0.5, 0.6) is 0 Å². The predicted octanol–water partition coefficient (Wildman–Crippen LogP) is 2.96. The smallest absolute Gasteiger partial charge is 0.337 e. The van der Waals surface area contributed by atoms with Crippen LogP contribution in [0, 0.1) is 0 Å². The van der Waals surface area contributed by atoms with Gasteiger partial charge < -0.3 is 15.8 Å². The van der Waals surface area contributed by atoms with Crippen molar-refractivity contribution in [1.29, 1.82) is 0 Å². The van der Waals surface area contributed by atoms with E-state index in [-0.39, 0.29) is 10.9 Å². The average Bonchev–Trinajstić information content (AvgIpc) is 2.46. The van der Waals surface area contributed by atoms with Gasteiger partial charge in [-0.05, 0) is 36.4 Å². The van der Waals surface area contributed by atoms with Crippen molar-refractivity contribution in [3.8, 4) is 0 Å². The summed E-state index contributed by atoms with van der Waals surface area (Å²) >= 11 is 5.98. The van der Waals surface area contributed by atoms with Crippen LogP contribution in [-0.4, -0.2) is 19.0 Å². The Morgan fingerprint density at radius 1 is 1.19 bits per heavy atom. The molecule has 6 heteroatoms. The highest BCUT2D eigenvalue weighted by Crippen LogP contribution is 2.21. The topological polar surface area (TPSA) is 81.4 Å². The lowest BCUT2D eigenvalue weighted by Gasteiger charge is -2.08. The zero-order valence-electron chi connectivity index (χ0n) is 11.2. The fourth-order valence-corrected chi connectivity index (χ4v) is 2.03. The molecule has 0 saturated heterocycles. The number of halogens is 1. The van der Waals surface area contributed by atoms with Gasteiger partial charge in [0.25, 0.3) is 5.91 Å². The highest BCUT2D eigenvalue weighted by molar-refractivity contribution is 6.34. The van der Waals surface area contributed by atoms with Crippen molar-refractivity contribution in [2.24, 2.45) is 0 Å². The molecule has 0 bridgehead atoms. The molecule has 108 valence electrons. The molecule has 0 saturated carbocycles. The molecule has 0 aromatic heterocycles. The first-order chi connectivity index (χ1) is 10.0. The number of methoxy groups -OCH3 is 1. The van der Waals surface area contributed by atoms with E-state index in [1.807, 2.05) is 0 Å². The van der Waals surface area contributed by atoms with Gasteiger partial charge in [-0.25, -0.2) is 4.79 Å². The quantitative estimate of drug-likeness (QED) is 0.674. The molecular weight excluding hydrogens is 292 g/mol. The van der Waals surface area contributed by atoms with Crippen LogP contribution in [-0.2, 0) is 4.74 Å². The summed E-state index contributed by atoms with van der Waals surface area (Å²) in [4.78, 5) is 23.6. The van der Waals surface area contributed by atoms with Crippen LogP contribution >= 0.6 is 11.6 Å². The van der Waals surface area contributed by atoms with Gasteiger partial charge >= 0.3 is 5.97 Å². The van der Waals surface area contributed by atoms with Crippen LogP contribution < -0.4 is 11.1 Å². The minimum atomic E-state index is -0.475. The lowest BCUT2D eigenvalue weighted by Crippen LogP contribution is -2.13. The van der Waals surface area contributed by atoms with Crippen LogP contribution in [0.1, 0.15) is 20.7 Å². The monoisotopic (exact) mass is 304 g/mol. The third-order valence-electron chi connectivity index (χ3n) is 2.78. The van der Waals surface area contributed by atoms with Crippen molar-refractivity contribution in [3.05, 3.63) is 58.6 Å². The molecule has 0 fully saturated rings. The molecule has 0 unspecified atom stereocenters.